The highest BCUT2D eigenvalue weighted by molar-refractivity contribution is 6.19. The summed E-state index contributed by atoms with van der Waals surface area (Å²) in [4.78, 5) is 40.5. The molecule has 30 heavy (non-hydrogen) atoms. The van der Waals surface area contributed by atoms with Crippen molar-refractivity contribution in [1.82, 2.24) is 5.32 Å². The normalized spacial score (nSPS) is 12.8. The fourth-order valence-corrected chi connectivity index (χ4v) is 2.34. The number of carbonyl (C=O) groups is 3. The highest BCUT2D eigenvalue weighted by atomic mass is 19.1. The fraction of sp³-hybridized carbons (Fsp3) is 0.429. The molecule has 0 heterocycles. The molecule has 9 heteroatoms. The van der Waals surface area contributed by atoms with Crippen LogP contribution in [0.25, 0.3) is 0 Å². The van der Waals surface area contributed by atoms with Crippen LogP contribution in [0.1, 0.15) is 50.5 Å². The van der Waals surface area contributed by atoms with Crippen molar-refractivity contribution in [3.05, 3.63) is 46.4 Å². The molecule has 0 atom stereocenters. The average molecular weight is 420 g/mol. The standard InChI is InChI=1S/C21H29FN4O4/c1-6-25-18(24)17(12(2)23)19(28)30-11-16(27)14-9-13(7-8-15(14)22)10-26-20(29)21(3,4)5/h7-9H,6,10-11,23H2,1-5H3,(H2,24,25)(H,26,29). The van der Waals surface area contributed by atoms with E-state index in [1.807, 2.05) is 0 Å². The highest BCUT2D eigenvalue weighted by Crippen LogP contribution is 2.15. The third kappa shape index (κ3) is 6.98. The van der Waals surface area contributed by atoms with Gasteiger partial charge in [0.25, 0.3) is 0 Å². The summed E-state index contributed by atoms with van der Waals surface area (Å²) in [6.45, 7) is 8.22. The van der Waals surface area contributed by atoms with E-state index in [2.05, 4.69) is 10.3 Å². The zero-order chi connectivity index (χ0) is 23.1. The molecule has 0 bridgehead atoms. The maximum absolute atomic E-state index is 14.1. The number of rotatable bonds is 8. The molecule has 1 aromatic rings. The number of hydrogen-bond donors (Lipinski definition) is 3. The molecule has 0 spiro atoms. The van der Waals surface area contributed by atoms with Gasteiger partial charge in [-0.3, -0.25) is 14.6 Å². The largest absolute Gasteiger partial charge is 0.454 e. The number of amides is 1. The van der Waals surface area contributed by atoms with Gasteiger partial charge in [0.15, 0.2) is 6.61 Å². The highest BCUT2D eigenvalue weighted by Gasteiger charge is 2.22. The molecule has 0 aliphatic carbocycles. The number of benzene rings is 1. The van der Waals surface area contributed by atoms with Crippen LogP contribution in [0.2, 0.25) is 0 Å². The zero-order valence-corrected chi connectivity index (χ0v) is 18.0. The number of Topliss-reactive ketones (excluding diaryl/α,β-unsaturated/α-hetero) is 1. The monoisotopic (exact) mass is 420 g/mol. The minimum Gasteiger partial charge on any atom is -0.454 e. The minimum atomic E-state index is -0.924. The number of halogens is 1. The van der Waals surface area contributed by atoms with Crippen molar-refractivity contribution in [1.29, 1.82) is 0 Å². The molecule has 164 valence electrons. The fourth-order valence-electron chi connectivity index (χ4n) is 2.34. The molecule has 8 nitrogen and oxygen atoms in total. The van der Waals surface area contributed by atoms with Gasteiger partial charge in [-0.1, -0.05) is 26.8 Å². The van der Waals surface area contributed by atoms with Crippen LogP contribution in [0.3, 0.4) is 0 Å². The summed E-state index contributed by atoms with van der Waals surface area (Å²) >= 11 is 0. The molecule has 1 aromatic carbocycles. The van der Waals surface area contributed by atoms with Gasteiger partial charge in [-0.2, -0.15) is 0 Å². The van der Waals surface area contributed by atoms with Crippen LogP contribution in [-0.4, -0.2) is 36.6 Å². The second-order valence-electron chi connectivity index (χ2n) is 7.66. The Labute approximate surface area is 175 Å². The van der Waals surface area contributed by atoms with Gasteiger partial charge in [-0.15, -0.1) is 0 Å². The number of ether oxygens (including phenoxy) is 1. The molecular formula is C21H29FN4O4. The lowest BCUT2D eigenvalue weighted by Crippen LogP contribution is -2.34. The smallest absolute Gasteiger partial charge is 0.344 e. The summed E-state index contributed by atoms with van der Waals surface area (Å²) < 4.78 is 19.1. The maximum atomic E-state index is 14.1. The summed E-state index contributed by atoms with van der Waals surface area (Å²) in [6, 6.07) is 3.89. The van der Waals surface area contributed by atoms with E-state index in [1.165, 1.54) is 19.1 Å². The molecule has 0 fully saturated rings. The van der Waals surface area contributed by atoms with E-state index in [-0.39, 0.29) is 35.1 Å². The average Bonchev–Trinajstić information content (AvgIpc) is 2.64. The van der Waals surface area contributed by atoms with Gasteiger partial charge >= 0.3 is 5.97 Å². The third-order valence-corrected chi connectivity index (χ3v) is 3.98. The molecule has 1 amide bonds. The molecule has 0 radical (unpaired) electrons. The summed E-state index contributed by atoms with van der Waals surface area (Å²) in [7, 11) is 0. The van der Waals surface area contributed by atoms with Gasteiger partial charge in [0.05, 0.1) is 5.56 Å². The van der Waals surface area contributed by atoms with Gasteiger partial charge in [0.2, 0.25) is 11.7 Å². The minimum absolute atomic E-state index is 0.0879. The van der Waals surface area contributed by atoms with E-state index in [0.717, 1.165) is 6.07 Å². The first-order chi connectivity index (χ1) is 13.9. The number of nitrogens with one attached hydrogen (secondary N) is 1. The second-order valence-corrected chi connectivity index (χ2v) is 7.66. The van der Waals surface area contributed by atoms with Crippen LogP contribution in [0.5, 0.6) is 0 Å². The van der Waals surface area contributed by atoms with E-state index >= 15 is 0 Å². The number of hydrogen-bond acceptors (Lipinski definition) is 6. The van der Waals surface area contributed by atoms with Crippen molar-refractivity contribution < 1.29 is 23.5 Å². The van der Waals surface area contributed by atoms with Crippen LogP contribution in [0, 0.1) is 11.2 Å². The first-order valence-corrected chi connectivity index (χ1v) is 9.42. The van der Waals surface area contributed by atoms with Gasteiger partial charge in [-0.05, 0) is 31.5 Å². The van der Waals surface area contributed by atoms with Crippen molar-refractivity contribution in [2.24, 2.45) is 21.9 Å². The first-order valence-electron chi connectivity index (χ1n) is 9.42. The van der Waals surface area contributed by atoms with Gasteiger partial charge in [0, 0.05) is 24.2 Å². The number of aliphatic imine (C=N–C) groups is 1. The molecule has 0 saturated carbocycles. The molecule has 0 aliphatic heterocycles. The van der Waals surface area contributed by atoms with Crippen molar-refractivity contribution in [2.75, 3.05) is 13.2 Å². The lowest BCUT2D eigenvalue weighted by Gasteiger charge is -2.17. The molecule has 0 unspecified atom stereocenters. The van der Waals surface area contributed by atoms with Gasteiger partial charge in [0.1, 0.15) is 17.2 Å². The predicted molar refractivity (Wildman–Crippen MR) is 112 cm³/mol. The van der Waals surface area contributed by atoms with Crippen LogP contribution >= 0.6 is 0 Å². The number of esters is 1. The second kappa shape index (κ2) is 10.5. The molecule has 0 aromatic heterocycles. The van der Waals surface area contributed by atoms with Gasteiger partial charge in [-0.25, -0.2) is 9.18 Å². The Morgan fingerprint density at radius 1 is 1.20 bits per heavy atom. The zero-order valence-electron chi connectivity index (χ0n) is 18.0. The number of nitrogens with zero attached hydrogens (tertiary/aromatic N) is 1. The Balaban J connectivity index is 2.89. The van der Waals surface area contributed by atoms with E-state index < -0.39 is 29.6 Å². The summed E-state index contributed by atoms with van der Waals surface area (Å²) in [5.74, 6) is -2.72. The van der Waals surface area contributed by atoms with E-state index in [9.17, 15) is 18.8 Å². The lowest BCUT2D eigenvalue weighted by molar-refractivity contribution is -0.137. The third-order valence-electron chi connectivity index (χ3n) is 3.98. The van der Waals surface area contributed by atoms with Crippen molar-refractivity contribution in [3.8, 4) is 0 Å². The SMILES string of the molecule is CCN=C(N)C(C(=O)OCC(=O)c1cc(CNC(=O)C(C)(C)C)ccc1F)=C(C)N. The number of nitrogens with two attached hydrogens (primary N) is 2. The Bertz CT molecular complexity index is 881. The Kier molecular flexibility index (Phi) is 8.70. The number of amidine groups is 1. The van der Waals surface area contributed by atoms with Gasteiger partial charge < -0.3 is 21.5 Å². The Morgan fingerprint density at radius 2 is 1.83 bits per heavy atom. The first kappa shape index (κ1) is 24.8. The van der Waals surface area contributed by atoms with Crippen molar-refractivity contribution in [3.63, 3.8) is 0 Å². The van der Waals surface area contributed by atoms with Crippen LogP contribution < -0.4 is 16.8 Å². The molecule has 5 N–H and O–H groups in total. The maximum Gasteiger partial charge on any atom is 0.344 e. The Hall–Kier alpha value is -3.23. The summed E-state index contributed by atoms with van der Waals surface area (Å²) in [6.07, 6.45) is 0. The van der Waals surface area contributed by atoms with Crippen molar-refractivity contribution >= 4 is 23.5 Å². The van der Waals surface area contributed by atoms with E-state index in [0.29, 0.717) is 12.1 Å². The van der Waals surface area contributed by atoms with Crippen molar-refractivity contribution in [2.45, 2.75) is 41.2 Å². The van der Waals surface area contributed by atoms with Crippen LogP contribution in [0.15, 0.2) is 34.5 Å². The lowest BCUT2D eigenvalue weighted by atomic mass is 9.95. The Morgan fingerprint density at radius 3 is 2.37 bits per heavy atom. The van der Waals surface area contributed by atoms with E-state index in [4.69, 9.17) is 16.2 Å². The topological polar surface area (TPSA) is 137 Å². The predicted octanol–water partition coefficient (Wildman–Crippen LogP) is 1.82. The molecule has 0 saturated heterocycles. The quantitative estimate of drug-likeness (QED) is 0.193. The molecular weight excluding hydrogens is 391 g/mol. The van der Waals surface area contributed by atoms with Crippen LogP contribution in [0.4, 0.5) is 4.39 Å². The number of allylic oxidation sites excluding steroid dienone is 1. The molecule has 1 rings (SSSR count). The summed E-state index contributed by atoms with van der Waals surface area (Å²) in [5.41, 5.74) is 11.0. The van der Waals surface area contributed by atoms with Crippen LogP contribution in [-0.2, 0) is 20.9 Å². The van der Waals surface area contributed by atoms with E-state index in [1.54, 1.807) is 27.7 Å². The molecule has 0 aliphatic rings. The number of ketones is 1. The summed E-state index contributed by atoms with van der Waals surface area (Å²) in [5, 5.41) is 2.72. The number of carbonyl (C=O) groups excluding carboxylic acids is 3.